The maximum Gasteiger partial charge on any atom is 0.406 e. The minimum atomic E-state index is -4.73. The summed E-state index contributed by atoms with van der Waals surface area (Å²) >= 11 is 0. The second-order valence-electron chi connectivity index (χ2n) is 7.83. The predicted molar refractivity (Wildman–Crippen MR) is 112 cm³/mol. The summed E-state index contributed by atoms with van der Waals surface area (Å²) in [6.07, 6.45) is -2.00. The molecule has 7 nitrogen and oxygen atoms in total. The minimum Gasteiger partial charge on any atom is -0.325 e. The quantitative estimate of drug-likeness (QED) is 0.584. The Hall–Kier alpha value is -4.20. The van der Waals surface area contributed by atoms with E-state index in [0.29, 0.717) is 4.90 Å². The zero-order valence-corrected chi connectivity index (χ0v) is 17.7. The van der Waals surface area contributed by atoms with Gasteiger partial charge in [0.1, 0.15) is 12.4 Å². The van der Waals surface area contributed by atoms with Crippen LogP contribution >= 0.6 is 0 Å². The molecule has 1 aromatic heterocycles. The van der Waals surface area contributed by atoms with Crippen molar-refractivity contribution in [3.8, 4) is 6.07 Å². The molecule has 174 valence electrons. The highest BCUT2D eigenvalue weighted by molar-refractivity contribution is 6.04. The molecule has 2 atom stereocenters. The van der Waals surface area contributed by atoms with E-state index in [1.54, 1.807) is 19.2 Å². The largest absolute Gasteiger partial charge is 0.406 e. The average molecular weight is 471 g/mol. The van der Waals surface area contributed by atoms with E-state index in [2.05, 4.69) is 10.4 Å². The van der Waals surface area contributed by atoms with E-state index in [-0.39, 0.29) is 27.9 Å². The Kier molecular flexibility index (Phi) is 5.83. The number of hydrogen-bond donors (Lipinski definition) is 1. The lowest BCUT2D eigenvalue weighted by Crippen LogP contribution is -2.49. The molecule has 0 saturated carbocycles. The van der Waals surface area contributed by atoms with Gasteiger partial charge < -0.3 is 10.2 Å². The molecule has 3 aromatic rings. The number of hydrogen-bond acceptors (Lipinski definition) is 4. The van der Waals surface area contributed by atoms with Crippen LogP contribution in [0.2, 0.25) is 0 Å². The number of benzene rings is 2. The van der Waals surface area contributed by atoms with Crippen molar-refractivity contribution in [2.45, 2.75) is 18.1 Å². The molecule has 1 aliphatic rings. The number of fused-ring (bicyclic) bond motifs is 1. The molecule has 2 amide bonds. The molecular formula is C23H17F4N5O2. The van der Waals surface area contributed by atoms with Crippen molar-refractivity contribution in [2.75, 3.05) is 11.9 Å². The van der Waals surface area contributed by atoms with Gasteiger partial charge in [-0.05, 0) is 29.8 Å². The third-order valence-corrected chi connectivity index (χ3v) is 5.43. The van der Waals surface area contributed by atoms with Crippen LogP contribution in [0.4, 0.5) is 23.2 Å². The number of carbonyl (C=O) groups excluding carboxylic acids is 2. The predicted octanol–water partition coefficient (Wildman–Crippen LogP) is 3.91. The first-order valence-corrected chi connectivity index (χ1v) is 10.0. The van der Waals surface area contributed by atoms with Gasteiger partial charge in [0.25, 0.3) is 5.91 Å². The monoisotopic (exact) mass is 471 g/mol. The van der Waals surface area contributed by atoms with Gasteiger partial charge in [-0.1, -0.05) is 18.2 Å². The topological polar surface area (TPSA) is 91.0 Å². The van der Waals surface area contributed by atoms with Crippen LogP contribution in [0.3, 0.4) is 0 Å². The van der Waals surface area contributed by atoms with Crippen LogP contribution in [-0.4, -0.2) is 39.2 Å². The lowest BCUT2D eigenvalue weighted by atomic mass is 9.79. The summed E-state index contributed by atoms with van der Waals surface area (Å²) in [5, 5.41) is 15.6. The molecule has 2 heterocycles. The van der Waals surface area contributed by atoms with E-state index in [9.17, 15) is 27.2 Å². The molecule has 4 rings (SSSR count). The summed E-state index contributed by atoms with van der Waals surface area (Å²) in [7, 11) is 1.56. The fourth-order valence-corrected chi connectivity index (χ4v) is 4.15. The van der Waals surface area contributed by atoms with Crippen LogP contribution in [0.25, 0.3) is 0 Å². The molecule has 1 N–H and O–H groups in total. The number of nitriles is 1. The fraction of sp³-hybridized carbons (Fsp3) is 0.217. The van der Waals surface area contributed by atoms with Crippen LogP contribution < -0.4 is 5.32 Å². The van der Waals surface area contributed by atoms with Gasteiger partial charge in [-0.15, -0.1) is 0 Å². The van der Waals surface area contributed by atoms with Crippen LogP contribution in [0.15, 0.2) is 54.9 Å². The van der Waals surface area contributed by atoms with Gasteiger partial charge in [0.2, 0.25) is 5.91 Å². The van der Waals surface area contributed by atoms with Crippen molar-refractivity contribution in [3.05, 3.63) is 82.9 Å². The summed E-state index contributed by atoms with van der Waals surface area (Å²) < 4.78 is 55.7. The Labute approximate surface area is 191 Å². The number of rotatable bonds is 4. The summed E-state index contributed by atoms with van der Waals surface area (Å²) in [6, 6.07) is 9.58. The number of nitrogens with one attached hydrogen (secondary N) is 1. The van der Waals surface area contributed by atoms with Crippen molar-refractivity contribution < 1.29 is 27.2 Å². The molecule has 0 spiro atoms. The molecule has 0 unspecified atom stereocenters. The standard InChI is InChI=1S/C23H17F4N5O2/c1-31-11-14(10-29-31)20-19(21(33)30-16-7-13(9-28)6-15(24)8-16)17-4-2-3-5-18(17)22(34)32(20)12-23(25,26)27/h2-8,10-11,19-20H,12H2,1H3,(H,30,33)/t19-,20+/m0/s1. The SMILES string of the molecule is Cn1cc([C@@H]2[C@@H](C(=O)Nc3cc(F)cc(C#N)c3)c3ccccc3C(=O)N2CC(F)(F)F)cn1. The molecule has 0 aliphatic carbocycles. The van der Waals surface area contributed by atoms with Gasteiger partial charge in [-0.3, -0.25) is 14.3 Å². The first-order chi connectivity index (χ1) is 16.1. The van der Waals surface area contributed by atoms with Gasteiger partial charge in [-0.2, -0.15) is 23.5 Å². The second-order valence-corrected chi connectivity index (χ2v) is 7.83. The van der Waals surface area contributed by atoms with Crippen molar-refractivity contribution in [1.29, 1.82) is 5.26 Å². The Morgan fingerprint density at radius 2 is 1.97 bits per heavy atom. The number of aromatic nitrogens is 2. The van der Waals surface area contributed by atoms with Gasteiger partial charge in [0, 0.05) is 30.1 Å². The highest BCUT2D eigenvalue weighted by Gasteiger charge is 2.48. The first-order valence-electron chi connectivity index (χ1n) is 10.0. The molecule has 11 heteroatoms. The van der Waals surface area contributed by atoms with E-state index in [1.807, 2.05) is 0 Å². The van der Waals surface area contributed by atoms with E-state index >= 15 is 0 Å². The molecule has 2 aromatic carbocycles. The zero-order chi connectivity index (χ0) is 24.6. The first kappa shape index (κ1) is 23.0. The number of anilines is 1. The van der Waals surface area contributed by atoms with E-state index in [4.69, 9.17) is 5.26 Å². The minimum absolute atomic E-state index is 0.0380. The summed E-state index contributed by atoms with van der Waals surface area (Å²) in [5.74, 6) is -3.68. The van der Waals surface area contributed by atoms with E-state index in [1.165, 1.54) is 41.3 Å². The summed E-state index contributed by atoms with van der Waals surface area (Å²) in [4.78, 5) is 27.2. The molecule has 0 saturated heterocycles. The lowest BCUT2D eigenvalue weighted by molar-refractivity contribution is -0.148. The highest BCUT2D eigenvalue weighted by Crippen LogP contribution is 2.44. The molecule has 0 fully saturated rings. The molecule has 34 heavy (non-hydrogen) atoms. The van der Waals surface area contributed by atoms with E-state index < -0.39 is 42.3 Å². The number of aryl methyl sites for hydroxylation is 1. The third-order valence-electron chi connectivity index (χ3n) is 5.43. The Bertz CT molecular complexity index is 1310. The molecule has 1 aliphatic heterocycles. The summed E-state index contributed by atoms with van der Waals surface area (Å²) in [6.45, 7) is -1.58. The summed E-state index contributed by atoms with van der Waals surface area (Å²) in [5.41, 5.74) is 0.338. The normalized spacial score (nSPS) is 17.8. The maximum atomic E-state index is 13.9. The fourth-order valence-electron chi connectivity index (χ4n) is 4.15. The molecule has 0 radical (unpaired) electrons. The van der Waals surface area contributed by atoms with Crippen LogP contribution in [-0.2, 0) is 11.8 Å². The smallest absolute Gasteiger partial charge is 0.325 e. The highest BCUT2D eigenvalue weighted by atomic mass is 19.4. The zero-order valence-electron chi connectivity index (χ0n) is 17.7. The number of amides is 2. The van der Waals surface area contributed by atoms with Crippen molar-refractivity contribution in [1.82, 2.24) is 14.7 Å². The van der Waals surface area contributed by atoms with Gasteiger partial charge >= 0.3 is 6.18 Å². The van der Waals surface area contributed by atoms with Gasteiger partial charge in [-0.25, -0.2) is 4.39 Å². The van der Waals surface area contributed by atoms with Crippen molar-refractivity contribution >= 4 is 17.5 Å². The second kappa shape index (κ2) is 8.62. The Balaban J connectivity index is 1.85. The Morgan fingerprint density at radius 1 is 1.24 bits per heavy atom. The molecule has 0 bridgehead atoms. The number of halogens is 4. The Morgan fingerprint density at radius 3 is 2.62 bits per heavy atom. The number of nitrogens with zero attached hydrogens (tertiary/aromatic N) is 4. The van der Waals surface area contributed by atoms with Crippen molar-refractivity contribution in [3.63, 3.8) is 0 Å². The maximum absolute atomic E-state index is 13.9. The third kappa shape index (κ3) is 4.47. The van der Waals surface area contributed by atoms with Crippen LogP contribution in [0.5, 0.6) is 0 Å². The number of carbonyl (C=O) groups is 2. The van der Waals surface area contributed by atoms with Gasteiger partial charge in [0.05, 0.1) is 29.8 Å². The lowest BCUT2D eigenvalue weighted by Gasteiger charge is -2.41. The molecular weight excluding hydrogens is 454 g/mol. The number of alkyl halides is 3. The van der Waals surface area contributed by atoms with Crippen molar-refractivity contribution in [2.24, 2.45) is 7.05 Å². The van der Waals surface area contributed by atoms with Gasteiger partial charge in [0.15, 0.2) is 0 Å². The van der Waals surface area contributed by atoms with Crippen LogP contribution in [0, 0.1) is 17.1 Å². The van der Waals surface area contributed by atoms with Crippen LogP contribution in [0.1, 0.15) is 39.0 Å². The van der Waals surface area contributed by atoms with E-state index in [0.717, 1.165) is 12.1 Å². The average Bonchev–Trinajstić information content (AvgIpc) is 3.19.